The summed E-state index contributed by atoms with van der Waals surface area (Å²) in [5.74, 6) is -0.444. The van der Waals surface area contributed by atoms with Gasteiger partial charge in [-0.3, -0.25) is 4.79 Å². The maximum atomic E-state index is 11.6. The molecule has 0 aromatic rings. The fraction of sp³-hybridized carbons (Fsp3) is 0.833. The molecule has 110 valence electrons. The monoisotopic (exact) mass is 273 g/mol. The molecule has 0 saturated carbocycles. The lowest BCUT2D eigenvalue weighted by Gasteiger charge is -2.39. The van der Waals surface area contributed by atoms with E-state index in [1.54, 1.807) is 4.90 Å². The van der Waals surface area contributed by atoms with Gasteiger partial charge in [-0.1, -0.05) is 0 Å². The fourth-order valence-electron chi connectivity index (χ4n) is 1.60. The van der Waals surface area contributed by atoms with Gasteiger partial charge in [-0.15, -0.1) is 0 Å². The lowest BCUT2D eigenvalue weighted by molar-refractivity contribution is -0.119. The number of carbonyl (C=O) groups is 2. The summed E-state index contributed by atoms with van der Waals surface area (Å²) in [6, 6.07) is -0.395. The van der Waals surface area contributed by atoms with Crippen molar-refractivity contribution in [3.8, 4) is 0 Å². The molecule has 1 heterocycles. The zero-order valence-corrected chi connectivity index (χ0v) is 11.7. The van der Waals surface area contributed by atoms with E-state index >= 15 is 0 Å². The summed E-state index contributed by atoms with van der Waals surface area (Å²) in [6.07, 6.45) is -0.289. The SMILES string of the molecule is CC(C)(C)OC(=O)N1CC(OCC(N)CC(N)=O)C1. The lowest BCUT2D eigenvalue weighted by Crippen LogP contribution is -2.56. The fourth-order valence-corrected chi connectivity index (χ4v) is 1.60. The molecular formula is C12H23N3O4. The van der Waals surface area contributed by atoms with Gasteiger partial charge in [0.05, 0.1) is 25.8 Å². The van der Waals surface area contributed by atoms with E-state index in [4.69, 9.17) is 20.9 Å². The minimum Gasteiger partial charge on any atom is -0.444 e. The molecule has 0 aromatic heterocycles. The lowest BCUT2D eigenvalue weighted by atomic mass is 10.1. The average Bonchev–Trinajstić information content (AvgIpc) is 2.10. The molecular weight excluding hydrogens is 250 g/mol. The van der Waals surface area contributed by atoms with Crippen LogP contribution in [0.5, 0.6) is 0 Å². The van der Waals surface area contributed by atoms with E-state index in [1.165, 1.54) is 0 Å². The molecule has 2 amide bonds. The molecule has 0 aromatic carbocycles. The van der Waals surface area contributed by atoms with Gasteiger partial charge in [0.15, 0.2) is 0 Å². The Morgan fingerprint density at radius 3 is 2.42 bits per heavy atom. The summed E-state index contributed by atoms with van der Waals surface area (Å²) in [4.78, 5) is 23.8. The topological polar surface area (TPSA) is 108 Å². The van der Waals surface area contributed by atoms with Crippen molar-refractivity contribution in [1.29, 1.82) is 0 Å². The molecule has 1 aliphatic heterocycles. The molecule has 4 N–H and O–H groups in total. The molecule has 1 atom stereocenters. The Morgan fingerprint density at radius 2 is 1.95 bits per heavy atom. The van der Waals surface area contributed by atoms with Crippen LogP contribution in [-0.2, 0) is 14.3 Å². The Bertz CT molecular complexity index is 334. The summed E-state index contributed by atoms with van der Waals surface area (Å²) in [5, 5.41) is 0. The van der Waals surface area contributed by atoms with Crippen LogP contribution in [0.15, 0.2) is 0 Å². The smallest absolute Gasteiger partial charge is 0.410 e. The van der Waals surface area contributed by atoms with Crippen LogP contribution < -0.4 is 11.5 Å². The van der Waals surface area contributed by atoms with Gasteiger partial charge in [0.25, 0.3) is 0 Å². The van der Waals surface area contributed by atoms with E-state index in [1.807, 2.05) is 20.8 Å². The van der Waals surface area contributed by atoms with Gasteiger partial charge < -0.3 is 25.8 Å². The van der Waals surface area contributed by atoms with Crippen molar-refractivity contribution in [2.24, 2.45) is 11.5 Å². The van der Waals surface area contributed by atoms with Crippen molar-refractivity contribution < 1.29 is 19.1 Å². The third-order valence-corrected chi connectivity index (χ3v) is 2.51. The van der Waals surface area contributed by atoms with Gasteiger partial charge in [0.1, 0.15) is 5.60 Å². The second-order valence-corrected chi connectivity index (χ2v) is 5.77. The van der Waals surface area contributed by atoms with E-state index in [0.717, 1.165) is 0 Å². The van der Waals surface area contributed by atoms with Gasteiger partial charge in [-0.05, 0) is 20.8 Å². The highest BCUT2D eigenvalue weighted by Crippen LogP contribution is 2.17. The summed E-state index contributed by atoms with van der Waals surface area (Å²) in [6.45, 7) is 6.69. The second-order valence-electron chi connectivity index (χ2n) is 5.77. The van der Waals surface area contributed by atoms with E-state index < -0.39 is 17.6 Å². The van der Waals surface area contributed by atoms with Gasteiger partial charge in [0, 0.05) is 12.5 Å². The Hall–Kier alpha value is -1.34. The first-order chi connectivity index (χ1) is 8.67. The number of amides is 2. The van der Waals surface area contributed by atoms with Crippen LogP contribution in [0.25, 0.3) is 0 Å². The first-order valence-corrected chi connectivity index (χ1v) is 6.31. The summed E-state index contributed by atoms with van der Waals surface area (Å²) < 4.78 is 10.7. The first kappa shape index (κ1) is 15.7. The number of hydrogen-bond donors (Lipinski definition) is 2. The largest absolute Gasteiger partial charge is 0.444 e. The predicted molar refractivity (Wildman–Crippen MR) is 69.3 cm³/mol. The van der Waals surface area contributed by atoms with Gasteiger partial charge in [0.2, 0.25) is 5.91 Å². The molecule has 1 rings (SSSR count). The number of primary amides is 1. The molecule has 7 heteroatoms. The third-order valence-electron chi connectivity index (χ3n) is 2.51. The molecule has 0 radical (unpaired) electrons. The minimum absolute atomic E-state index is 0.0496. The molecule has 7 nitrogen and oxygen atoms in total. The number of ether oxygens (including phenoxy) is 2. The molecule has 0 spiro atoms. The van der Waals surface area contributed by atoms with Crippen LogP contribution >= 0.6 is 0 Å². The second kappa shape index (κ2) is 6.21. The normalized spacial score (nSPS) is 17.8. The Morgan fingerprint density at radius 1 is 1.37 bits per heavy atom. The molecule has 1 unspecified atom stereocenters. The zero-order chi connectivity index (χ0) is 14.6. The van der Waals surface area contributed by atoms with Crippen LogP contribution in [0.4, 0.5) is 4.79 Å². The quantitative estimate of drug-likeness (QED) is 0.722. The number of nitrogens with zero attached hydrogens (tertiary/aromatic N) is 1. The Balaban J connectivity index is 2.16. The van der Waals surface area contributed by atoms with E-state index in [-0.39, 0.29) is 25.2 Å². The first-order valence-electron chi connectivity index (χ1n) is 6.31. The van der Waals surface area contributed by atoms with Crippen LogP contribution in [0.1, 0.15) is 27.2 Å². The molecule has 19 heavy (non-hydrogen) atoms. The number of rotatable bonds is 5. The number of nitrogens with two attached hydrogens (primary N) is 2. The van der Waals surface area contributed by atoms with Gasteiger partial charge in [-0.2, -0.15) is 0 Å². The number of likely N-dealkylation sites (tertiary alicyclic amines) is 1. The molecule has 1 saturated heterocycles. The van der Waals surface area contributed by atoms with Crippen molar-refractivity contribution in [1.82, 2.24) is 4.90 Å². The van der Waals surface area contributed by atoms with E-state index in [2.05, 4.69) is 0 Å². The summed E-state index contributed by atoms with van der Waals surface area (Å²) in [5.41, 5.74) is 10.2. The predicted octanol–water partition coefficient (Wildman–Crippen LogP) is -0.175. The van der Waals surface area contributed by atoms with Crippen molar-refractivity contribution in [3.05, 3.63) is 0 Å². The molecule has 1 fully saturated rings. The van der Waals surface area contributed by atoms with E-state index in [9.17, 15) is 9.59 Å². The van der Waals surface area contributed by atoms with Crippen molar-refractivity contribution in [2.75, 3.05) is 19.7 Å². The van der Waals surface area contributed by atoms with Crippen molar-refractivity contribution >= 4 is 12.0 Å². The van der Waals surface area contributed by atoms with Crippen molar-refractivity contribution in [3.63, 3.8) is 0 Å². The zero-order valence-electron chi connectivity index (χ0n) is 11.7. The molecule has 0 aliphatic carbocycles. The summed E-state index contributed by atoms with van der Waals surface area (Å²) >= 11 is 0. The van der Waals surface area contributed by atoms with Crippen LogP contribution in [-0.4, -0.2) is 54.3 Å². The molecule has 1 aliphatic rings. The third kappa shape index (κ3) is 5.89. The highest BCUT2D eigenvalue weighted by atomic mass is 16.6. The van der Waals surface area contributed by atoms with Crippen LogP contribution in [0.2, 0.25) is 0 Å². The Kier molecular flexibility index (Phi) is 5.13. The number of carbonyl (C=O) groups excluding carboxylic acids is 2. The maximum Gasteiger partial charge on any atom is 0.410 e. The van der Waals surface area contributed by atoms with E-state index in [0.29, 0.717) is 13.1 Å². The standard InChI is InChI=1S/C12H23N3O4/c1-12(2,3)19-11(17)15-5-9(6-15)18-7-8(13)4-10(14)16/h8-9H,4-7,13H2,1-3H3,(H2,14,16). The van der Waals surface area contributed by atoms with Gasteiger partial charge in [-0.25, -0.2) is 4.79 Å². The summed E-state index contributed by atoms with van der Waals surface area (Å²) in [7, 11) is 0. The van der Waals surface area contributed by atoms with Crippen LogP contribution in [0.3, 0.4) is 0 Å². The highest BCUT2D eigenvalue weighted by Gasteiger charge is 2.34. The average molecular weight is 273 g/mol. The van der Waals surface area contributed by atoms with Crippen LogP contribution in [0, 0.1) is 0 Å². The minimum atomic E-state index is -0.493. The maximum absolute atomic E-state index is 11.6. The highest BCUT2D eigenvalue weighted by molar-refractivity contribution is 5.74. The van der Waals surface area contributed by atoms with Gasteiger partial charge >= 0.3 is 6.09 Å². The number of hydrogen-bond acceptors (Lipinski definition) is 5. The molecule has 0 bridgehead atoms. The van der Waals surface area contributed by atoms with Crippen molar-refractivity contribution in [2.45, 2.75) is 44.9 Å². The Labute approximate surface area is 113 Å².